The smallest absolute Gasteiger partial charge is 0.0503 e. The Morgan fingerprint density at radius 3 is 2.61 bits per heavy atom. The van der Waals surface area contributed by atoms with Gasteiger partial charge in [-0.3, -0.25) is 0 Å². The molecule has 1 saturated heterocycles. The number of ether oxygens (including phenoxy) is 1. The maximum atomic E-state index is 6.10. The van der Waals surface area contributed by atoms with Gasteiger partial charge in [0, 0.05) is 20.2 Å². The first-order chi connectivity index (χ1) is 8.67. The van der Waals surface area contributed by atoms with Gasteiger partial charge in [0.1, 0.15) is 0 Å². The van der Waals surface area contributed by atoms with Crippen molar-refractivity contribution < 1.29 is 4.74 Å². The molecule has 1 unspecified atom stereocenters. The molecule has 3 nitrogen and oxygen atoms in total. The van der Waals surface area contributed by atoms with E-state index in [-0.39, 0.29) is 0 Å². The summed E-state index contributed by atoms with van der Waals surface area (Å²) in [6, 6.07) is 0. The summed E-state index contributed by atoms with van der Waals surface area (Å²) in [6.45, 7) is 7.84. The first-order valence-electron chi connectivity index (χ1n) is 7.59. The molecule has 2 fully saturated rings. The van der Waals surface area contributed by atoms with Gasteiger partial charge in [-0.15, -0.1) is 0 Å². The van der Waals surface area contributed by atoms with Gasteiger partial charge in [-0.2, -0.15) is 0 Å². The topological polar surface area (TPSA) is 38.5 Å². The lowest BCUT2D eigenvalue weighted by Crippen LogP contribution is -2.44. The van der Waals surface area contributed by atoms with E-state index in [4.69, 9.17) is 10.5 Å². The van der Waals surface area contributed by atoms with Crippen LogP contribution in [0.25, 0.3) is 0 Å². The maximum absolute atomic E-state index is 6.10. The fourth-order valence-electron chi connectivity index (χ4n) is 3.70. The highest BCUT2D eigenvalue weighted by Gasteiger charge is 2.36. The van der Waals surface area contributed by atoms with E-state index in [1.54, 1.807) is 0 Å². The molecule has 0 aromatic carbocycles. The van der Waals surface area contributed by atoms with E-state index in [0.717, 1.165) is 25.0 Å². The molecule has 18 heavy (non-hydrogen) atoms. The number of likely N-dealkylation sites (tertiary alicyclic amines) is 1. The van der Waals surface area contributed by atoms with Crippen molar-refractivity contribution in [1.29, 1.82) is 0 Å². The molecule has 0 spiro atoms. The molecule has 106 valence electrons. The predicted molar refractivity (Wildman–Crippen MR) is 75.5 cm³/mol. The van der Waals surface area contributed by atoms with Crippen molar-refractivity contribution in [3.05, 3.63) is 0 Å². The van der Waals surface area contributed by atoms with Crippen molar-refractivity contribution in [2.75, 3.05) is 39.9 Å². The molecule has 1 saturated carbocycles. The van der Waals surface area contributed by atoms with Gasteiger partial charge in [-0.1, -0.05) is 19.8 Å². The van der Waals surface area contributed by atoms with Gasteiger partial charge in [0.25, 0.3) is 0 Å². The average Bonchev–Trinajstić information content (AvgIpc) is 2.80. The van der Waals surface area contributed by atoms with E-state index in [1.165, 1.54) is 51.7 Å². The highest BCUT2D eigenvalue weighted by Crippen LogP contribution is 2.39. The molecule has 1 heterocycles. The summed E-state index contributed by atoms with van der Waals surface area (Å²) in [4.78, 5) is 2.63. The first-order valence-corrected chi connectivity index (χ1v) is 7.59. The minimum absolute atomic E-state index is 0.411. The van der Waals surface area contributed by atoms with Crippen molar-refractivity contribution in [2.45, 2.75) is 39.0 Å². The fourth-order valence-corrected chi connectivity index (χ4v) is 3.70. The van der Waals surface area contributed by atoms with Crippen LogP contribution in [0.3, 0.4) is 0 Å². The predicted octanol–water partition coefficient (Wildman–Crippen LogP) is 2.11. The molecule has 0 aromatic rings. The molecule has 1 atom stereocenters. The Kier molecular flexibility index (Phi) is 5.05. The van der Waals surface area contributed by atoms with Gasteiger partial charge < -0.3 is 15.4 Å². The Hall–Kier alpha value is -0.120. The first kappa shape index (κ1) is 14.3. The van der Waals surface area contributed by atoms with Gasteiger partial charge >= 0.3 is 0 Å². The summed E-state index contributed by atoms with van der Waals surface area (Å²) in [5, 5.41) is 0. The second-order valence-electron chi connectivity index (χ2n) is 6.73. The molecule has 1 aliphatic carbocycles. The summed E-state index contributed by atoms with van der Waals surface area (Å²) in [5.41, 5.74) is 6.51. The maximum Gasteiger partial charge on any atom is 0.0503 e. The zero-order chi connectivity index (χ0) is 13.0. The molecule has 0 radical (unpaired) electrons. The third kappa shape index (κ3) is 3.46. The Morgan fingerprint density at radius 1 is 1.28 bits per heavy atom. The van der Waals surface area contributed by atoms with E-state index < -0.39 is 0 Å². The molecule has 1 aliphatic heterocycles. The van der Waals surface area contributed by atoms with Crippen LogP contribution in [0.15, 0.2) is 0 Å². The largest absolute Gasteiger partial charge is 0.384 e. The van der Waals surface area contributed by atoms with E-state index in [0.29, 0.717) is 5.41 Å². The minimum Gasteiger partial charge on any atom is -0.384 e. The quantitative estimate of drug-likeness (QED) is 0.816. The third-order valence-corrected chi connectivity index (χ3v) is 5.10. The van der Waals surface area contributed by atoms with Crippen molar-refractivity contribution in [3.8, 4) is 0 Å². The zero-order valence-corrected chi connectivity index (χ0v) is 12.2. The molecule has 3 heteroatoms. The van der Waals surface area contributed by atoms with Crippen molar-refractivity contribution in [2.24, 2.45) is 23.0 Å². The van der Waals surface area contributed by atoms with E-state index in [9.17, 15) is 0 Å². The molecule has 0 bridgehead atoms. The molecule has 0 amide bonds. The molecular formula is C15H30N2O. The Bertz CT molecular complexity index is 249. The van der Waals surface area contributed by atoms with Gasteiger partial charge in [0.2, 0.25) is 0 Å². The van der Waals surface area contributed by atoms with Crippen molar-refractivity contribution in [3.63, 3.8) is 0 Å². The lowest BCUT2D eigenvalue weighted by atomic mass is 9.70. The SMILES string of the molecule is COCC1CCN(CC2(CN)CCC(C)CC2)C1. The van der Waals surface area contributed by atoms with E-state index in [2.05, 4.69) is 11.8 Å². The highest BCUT2D eigenvalue weighted by molar-refractivity contribution is 4.90. The Labute approximate surface area is 112 Å². The molecule has 0 aromatic heterocycles. The fraction of sp³-hybridized carbons (Fsp3) is 1.00. The summed E-state index contributed by atoms with van der Waals surface area (Å²) >= 11 is 0. The second-order valence-corrected chi connectivity index (χ2v) is 6.73. The number of nitrogens with two attached hydrogens (primary N) is 1. The lowest BCUT2D eigenvalue weighted by Gasteiger charge is -2.41. The second kappa shape index (κ2) is 6.36. The Morgan fingerprint density at radius 2 is 2.00 bits per heavy atom. The average molecular weight is 254 g/mol. The van der Waals surface area contributed by atoms with Crippen LogP contribution in [0.5, 0.6) is 0 Å². The molecule has 2 aliphatic rings. The monoisotopic (exact) mass is 254 g/mol. The number of nitrogens with zero attached hydrogens (tertiary/aromatic N) is 1. The van der Waals surface area contributed by atoms with E-state index >= 15 is 0 Å². The highest BCUT2D eigenvalue weighted by atomic mass is 16.5. The van der Waals surface area contributed by atoms with Crippen LogP contribution >= 0.6 is 0 Å². The van der Waals surface area contributed by atoms with Gasteiger partial charge in [0.05, 0.1) is 6.61 Å². The van der Waals surface area contributed by atoms with Crippen LogP contribution in [0.4, 0.5) is 0 Å². The van der Waals surface area contributed by atoms with Crippen LogP contribution < -0.4 is 5.73 Å². The summed E-state index contributed by atoms with van der Waals surface area (Å²) in [7, 11) is 1.81. The number of hydrogen-bond donors (Lipinski definition) is 1. The summed E-state index contributed by atoms with van der Waals surface area (Å²) in [6.07, 6.45) is 6.69. The number of rotatable bonds is 5. The zero-order valence-electron chi connectivity index (χ0n) is 12.2. The van der Waals surface area contributed by atoms with Crippen molar-refractivity contribution in [1.82, 2.24) is 4.90 Å². The summed E-state index contributed by atoms with van der Waals surface area (Å²) in [5.74, 6) is 1.65. The number of hydrogen-bond acceptors (Lipinski definition) is 3. The third-order valence-electron chi connectivity index (χ3n) is 5.10. The summed E-state index contributed by atoms with van der Waals surface area (Å²) < 4.78 is 5.28. The van der Waals surface area contributed by atoms with Crippen LogP contribution in [0.1, 0.15) is 39.0 Å². The van der Waals surface area contributed by atoms with Crippen LogP contribution in [0.2, 0.25) is 0 Å². The minimum atomic E-state index is 0.411. The number of methoxy groups -OCH3 is 1. The molecular weight excluding hydrogens is 224 g/mol. The normalized spacial score (nSPS) is 38.2. The Balaban J connectivity index is 1.83. The van der Waals surface area contributed by atoms with Gasteiger partial charge in [-0.05, 0) is 49.6 Å². The van der Waals surface area contributed by atoms with Crippen LogP contribution in [-0.2, 0) is 4.74 Å². The van der Waals surface area contributed by atoms with Crippen LogP contribution in [0, 0.1) is 17.3 Å². The van der Waals surface area contributed by atoms with Crippen LogP contribution in [-0.4, -0.2) is 44.8 Å². The van der Waals surface area contributed by atoms with Crippen molar-refractivity contribution >= 4 is 0 Å². The molecule has 2 rings (SSSR count). The molecule has 2 N–H and O–H groups in total. The lowest BCUT2D eigenvalue weighted by molar-refractivity contribution is 0.0994. The standard InChI is InChI=1S/C15H30N2O/c1-13-3-6-15(11-16,7-4-13)12-17-8-5-14(9-17)10-18-2/h13-14H,3-12,16H2,1-2H3. The van der Waals surface area contributed by atoms with Gasteiger partial charge in [0.15, 0.2) is 0 Å². The van der Waals surface area contributed by atoms with E-state index in [1.807, 2.05) is 7.11 Å². The van der Waals surface area contributed by atoms with Gasteiger partial charge in [-0.25, -0.2) is 0 Å².